The van der Waals surface area contributed by atoms with E-state index in [1.54, 1.807) is 6.20 Å². The second kappa shape index (κ2) is 4.94. The number of anilines is 2. The Morgan fingerprint density at radius 3 is 2.88 bits per heavy atom. The number of aromatic nitrogens is 2. The molecule has 0 saturated heterocycles. The predicted molar refractivity (Wildman–Crippen MR) is 67.9 cm³/mol. The maximum atomic E-state index is 5.65. The van der Waals surface area contributed by atoms with Crippen LogP contribution in [0.5, 0.6) is 0 Å². The lowest BCUT2D eigenvalue weighted by Crippen LogP contribution is -2.02. The van der Waals surface area contributed by atoms with Crippen molar-refractivity contribution in [2.24, 2.45) is 0 Å². The number of rotatable bonds is 3. The first-order chi connectivity index (χ1) is 7.75. The van der Waals surface area contributed by atoms with Gasteiger partial charge >= 0.3 is 0 Å². The Kier molecular flexibility index (Phi) is 3.36. The van der Waals surface area contributed by atoms with Gasteiger partial charge in [0.15, 0.2) is 0 Å². The molecule has 3 N–H and O–H groups in total. The zero-order chi connectivity index (χ0) is 11.4. The van der Waals surface area contributed by atoms with E-state index >= 15 is 0 Å². The van der Waals surface area contributed by atoms with Crippen LogP contribution in [0.2, 0.25) is 0 Å². The molecule has 4 nitrogen and oxygen atoms in total. The van der Waals surface area contributed by atoms with Gasteiger partial charge in [0.05, 0.1) is 12.2 Å². The summed E-state index contributed by atoms with van der Waals surface area (Å²) in [4.78, 5) is 0. The molecule has 82 valence electrons. The molecule has 2 aromatic rings. The van der Waals surface area contributed by atoms with E-state index in [0.29, 0.717) is 6.54 Å². The van der Waals surface area contributed by atoms with Gasteiger partial charge in [-0.25, -0.2) is 0 Å². The van der Waals surface area contributed by atoms with Crippen molar-refractivity contribution in [1.29, 1.82) is 0 Å². The van der Waals surface area contributed by atoms with Gasteiger partial charge in [-0.15, -0.1) is 0 Å². The minimum Gasteiger partial charge on any atom is -0.399 e. The lowest BCUT2D eigenvalue weighted by Gasteiger charge is -2.08. The van der Waals surface area contributed by atoms with Gasteiger partial charge in [-0.1, -0.05) is 0 Å². The smallest absolute Gasteiger partial charge is 0.0821 e. The Hall–Kier alpha value is -1.62. The SMILES string of the molecule is Nc1ccc(NCc2cccnn2)c(Br)c1. The van der Waals surface area contributed by atoms with Gasteiger partial charge in [0.25, 0.3) is 0 Å². The molecule has 0 amide bonds. The van der Waals surface area contributed by atoms with Crippen LogP contribution in [-0.2, 0) is 6.54 Å². The van der Waals surface area contributed by atoms with Gasteiger partial charge in [0.1, 0.15) is 0 Å². The summed E-state index contributed by atoms with van der Waals surface area (Å²) >= 11 is 3.44. The molecular formula is C11H11BrN4. The fourth-order valence-corrected chi connectivity index (χ4v) is 1.82. The van der Waals surface area contributed by atoms with Gasteiger partial charge in [0, 0.05) is 22.0 Å². The molecule has 0 aliphatic carbocycles. The molecule has 0 bridgehead atoms. The summed E-state index contributed by atoms with van der Waals surface area (Å²) in [5.41, 5.74) is 8.27. The summed E-state index contributed by atoms with van der Waals surface area (Å²) in [7, 11) is 0. The second-order valence-corrected chi connectivity index (χ2v) is 4.16. The van der Waals surface area contributed by atoms with Crippen molar-refractivity contribution in [2.45, 2.75) is 6.54 Å². The van der Waals surface area contributed by atoms with Crippen LogP contribution in [0.15, 0.2) is 41.0 Å². The number of hydrogen-bond donors (Lipinski definition) is 2. The second-order valence-electron chi connectivity index (χ2n) is 3.31. The van der Waals surface area contributed by atoms with E-state index in [2.05, 4.69) is 31.4 Å². The molecule has 0 aliphatic rings. The van der Waals surface area contributed by atoms with Crippen LogP contribution in [0.1, 0.15) is 5.69 Å². The number of nitrogens with one attached hydrogen (secondary N) is 1. The molecule has 1 heterocycles. The normalized spacial score (nSPS) is 10.1. The molecule has 16 heavy (non-hydrogen) atoms. The Balaban J connectivity index is 2.05. The van der Waals surface area contributed by atoms with Gasteiger partial charge in [-0.05, 0) is 46.3 Å². The number of nitrogen functional groups attached to an aromatic ring is 1. The summed E-state index contributed by atoms with van der Waals surface area (Å²) in [6.07, 6.45) is 1.66. The first kappa shape index (κ1) is 10.9. The lowest BCUT2D eigenvalue weighted by molar-refractivity contribution is 0.924. The summed E-state index contributed by atoms with van der Waals surface area (Å²) in [5, 5.41) is 11.1. The average Bonchev–Trinajstić information content (AvgIpc) is 2.29. The van der Waals surface area contributed by atoms with Crippen molar-refractivity contribution < 1.29 is 0 Å². The van der Waals surface area contributed by atoms with Crippen LogP contribution in [0.4, 0.5) is 11.4 Å². The van der Waals surface area contributed by atoms with Crippen LogP contribution in [0, 0.1) is 0 Å². The molecule has 0 atom stereocenters. The largest absolute Gasteiger partial charge is 0.399 e. The van der Waals surface area contributed by atoms with Crippen LogP contribution in [-0.4, -0.2) is 10.2 Å². The van der Waals surface area contributed by atoms with Gasteiger partial charge in [0.2, 0.25) is 0 Å². The first-order valence-corrected chi connectivity index (χ1v) is 5.60. The molecule has 1 aromatic carbocycles. The fraction of sp³-hybridized carbons (Fsp3) is 0.0909. The monoisotopic (exact) mass is 278 g/mol. The van der Waals surface area contributed by atoms with E-state index < -0.39 is 0 Å². The Morgan fingerprint density at radius 1 is 1.31 bits per heavy atom. The number of nitrogens with two attached hydrogens (primary N) is 1. The van der Waals surface area contributed by atoms with Crippen molar-refractivity contribution in [1.82, 2.24) is 10.2 Å². The zero-order valence-corrected chi connectivity index (χ0v) is 10.1. The zero-order valence-electron chi connectivity index (χ0n) is 8.52. The van der Waals surface area contributed by atoms with Gasteiger partial charge < -0.3 is 11.1 Å². The Labute approximate surface area is 102 Å². The van der Waals surface area contributed by atoms with Crippen LogP contribution in [0.25, 0.3) is 0 Å². The highest BCUT2D eigenvalue weighted by atomic mass is 79.9. The molecule has 5 heteroatoms. The molecule has 0 unspecified atom stereocenters. The van der Waals surface area contributed by atoms with Gasteiger partial charge in [-0.3, -0.25) is 0 Å². The number of benzene rings is 1. The first-order valence-electron chi connectivity index (χ1n) is 4.81. The third-order valence-electron chi connectivity index (χ3n) is 2.08. The number of nitrogens with zero attached hydrogens (tertiary/aromatic N) is 2. The van der Waals surface area contributed by atoms with E-state index in [0.717, 1.165) is 21.5 Å². The highest BCUT2D eigenvalue weighted by Crippen LogP contribution is 2.24. The Bertz CT molecular complexity index is 473. The molecular weight excluding hydrogens is 268 g/mol. The predicted octanol–water partition coefficient (Wildman–Crippen LogP) is 2.43. The van der Waals surface area contributed by atoms with E-state index in [9.17, 15) is 0 Å². The summed E-state index contributed by atoms with van der Waals surface area (Å²) in [6, 6.07) is 9.42. The lowest BCUT2D eigenvalue weighted by atomic mass is 10.3. The standard InChI is InChI=1S/C11H11BrN4/c12-10-6-8(13)3-4-11(10)14-7-9-2-1-5-15-16-9/h1-6,14H,7,13H2. The quantitative estimate of drug-likeness (QED) is 0.847. The molecule has 0 fully saturated rings. The maximum Gasteiger partial charge on any atom is 0.0821 e. The van der Waals surface area contributed by atoms with Crippen molar-refractivity contribution in [3.8, 4) is 0 Å². The fourth-order valence-electron chi connectivity index (χ4n) is 1.29. The third kappa shape index (κ3) is 2.70. The van der Waals surface area contributed by atoms with E-state index in [-0.39, 0.29) is 0 Å². The molecule has 1 aromatic heterocycles. The summed E-state index contributed by atoms with van der Waals surface area (Å²) in [6.45, 7) is 0.635. The van der Waals surface area contributed by atoms with Crippen LogP contribution < -0.4 is 11.1 Å². The van der Waals surface area contributed by atoms with E-state index in [4.69, 9.17) is 5.73 Å². The third-order valence-corrected chi connectivity index (χ3v) is 2.74. The molecule has 0 radical (unpaired) electrons. The topological polar surface area (TPSA) is 63.8 Å². The highest BCUT2D eigenvalue weighted by molar-refractivity contribution is 9.10. The minimum absolute atomic E-state index is 0.635. The van der Waals surface area contributed by atoms with Crippen molar-refractivity contribution >= 4 is 27.3 Å². The Morgan fingerprint density at radius 2 is 2.19 bits per heavy atom. The number of halogens is 1. The van der Waals surface area contributed by atoms with E-state index in [1.807, 2.05) is 30.3 Å². The van der Waals surface area contributed by atoms with Crippen molar-refractivity contribution in [2.75, 3.05) is 11.1 Å². The van der Waals surface area contributed by atoms with Gasteiger partial charge in [-0.2, -0.15) is 10.2 Å². The van der Waals surface area contributed by atoms with Crippen LogP contribution in [0.3, 0.4) is 0 Å². The molecule has 2 rings (SSSR count). The van der Waals surface area contributed by atoms with Crippen molar-refractivity contribution in [3.05, 3.63) is 46.7 Å². The van der Waals surface area contributed by atoms with E-state index in [1.165, 1.54) is 0 Å². The number of hydrogen-bond acceptors (Lipinski definition) is 4. The molecule has 0 spiro atoms. The maximum absolute atomic E-state index is 5.65. The summed E-state index contributed by atoms with van der Waals surface area (Å²) in [5.74, 6) is 0. The molecule has 0 saturated carbocycles. The average molecular weight is 279 g/mol. The van der Waals surface area contributed by atoms with Crippen LogP contribution >= 0.6 is 15.9 Å². The summed E-state index contributed by atoms with van der Waals surface area (Å²) < 4.78 is 0.941. The van der Waals surface area contributed by atoms with Crippen molar-refractivity contribution in [3.63, 3.8) is 0 Å². The molecule has 0 aliphatic heterocycles. The highest BCUT2D eigenvalue weighted by Gasteiger charge is 2.00. The minimum atomic E-state index is 0.635.